The Hall–Kier alpha value is -2.73. The summed E-state index contributed by atoms with van der Waals surface area (Å²) in [5.74, 6) is 2.01. The van der Waals surface area contributed by atoms with Gasteiger partial charge in [0.25, 0.3) is 0 Å². The third kappa shape index (κ3) is 4.68. The zero-order valence-corrected chi connectivity index (χ0v) is 22.8. The standard InChI is InChI=1S/C24H29BrN6O4S/c1-24(2,3)31(23(32)33)15(13-5-4-6-13)7-8-30-21-19(20(26)27-11-28-21)29-22(30)36-18-10-17-16(9-14(18)25)34-12-35-17/h9-11,13,15H,4-8,12H2,1-3H3,(H,32,33)(H2,26,27,28). The van der Waals surface area contributed by atoms with Crippen molar-refractivity contribution >= 4 is 50.8 Å². The molecule has 12 heteroatoms. The quantitative estimate of drug-likeness (QED) is 0.380. The lowest BCUT2D eigenvalue weighted by molar-refractivity contribution is 0.0242. The van der Waals surface area contributed by atoms with Crippen molar-refractivity contribution in [2.24, 2.45) is 5.92 Å². The molecule has 1 fully saturated rings. The highest BCUT2D eigenvalue weighted by Crippen LogP contribution is 2.43. The molecule has 3 aromatic rings. The third-order valence-electron chi connectivity index (χ3n) is 6.76. The topological polar surface area (TPSA) is 129 Å². The fraction of sp³-hybridized carbons (Fsp3) is 0.500. The molecular formula is C24H29BrN6O4S. The van der Waals surface area contributed by atoms with Gasteiger partial charge in [-0.05, 0) is 74.0 Å². The molecule has 0 saturated heterocycles. The summed E-state index contributed by atoms with van der Waals surface area (Å²) in [5, 5.41) is 10.8. The summed E-state index contributed by atoms with van der Waals surface area (Å²) in [7, 11) is 0. The molecule has 1 atom stereocenters. The van der Waals surface area contributed by atoms with Crippen molar-refractivity contribution < 1.29 is 19.4 Å². The Kier molecular flexibility index (Phi) is 6.67. The molecule has 10 nitrogen and oxygen atoms in total. The van der Waals surface area contributed by atoms with E-state index in [-0.39, 0.29) is 12.8 Å². The number of hydrogen-bond acceptors (Lipinski definition) is 8. The molecule has 5 rings (SSSR count). The van der Waals surface area contributed by atoms with Crippen LogP contribution in [0.2, 0.25) is 0 Å². The zero-order chi connectivity index (χ0) is 25.6. The van der Waals surface area contributed by atoms with E-state index in [0.29, 0.717) is 52.5 Å². The molecule has 2 aliphatic rings. The Morgan fingerprint density at radius 3 is 2.67 bits per heavy atom. The van der Waals surface area contributed by atoms with Crippen molar-refractivity contribution in [1.29, 1.82) is 0 Å². The average molecular weight is 578 g/mol. The van der Waals surface area contributed by atoms with Crippen LogP contribution < -0.4 is 15.2 Å². The van der Waals surface area contributed by atoms with E-state index in [1.54, 1.807) is 4.90 Å². The number of halogens is 1. The van der Waals surface area contributed by atoms with Crippen LogP contribution in [0.4, 0.5) is 10.6 Å². The number of fused-ring (bicyclic) bond motifs is 2. The second-order valence-corrected chi connectivity index (χ2v) is 11.9. The van der Waals surface area contributed by atoms with Crippen LogP contribution >= 0.6 is 27.7 Å². The molecule has 3 heterocycles. The van der Waals surface area contributed by atoms with Gasteiger partial charge >= 0.3 is 6.09 Å². The Balaban J connectivity index is 1.50. The summed E-state index contributed by atoms with van der Waals surface area (Å²) >= 11 is 5.08. The van der Waals surface area contributed by atoms with Crippen LogP contribution in [-0.4, -0.2) is 54.0 Å². The first-order chi connectivity index (χ1) is 17.1. The number of amides is 1. The lowest BCUT2D eigenvalue weighted by atomic mass is 9.77. The van der Waals surface area contributed by atoms with Gasteiger partial charge in [-0.15, -0.1) is 0 Å². The first-order valence-corrected chi connectivity index (χ1v) is 13.5. The SMILES string of the molecule is CC(C)(C)N(C(=O)O)C(CCn1c(Sc2cc3c(cc2Br)OCO3)nc2c(N)ncnc21)C1CCC1. The molecule has 192 valence electrons. The number of nitrogen functional groups attached to an aromatic ring is 1. The number of benzene rings is 1. The summed E-state index contributed by atoms with van der Waals surface area (Å²) in [6.45, 7) is 6.58. The van der Waals surface area contributed by atoms with E-state index in [1.807, 2.05) is 37.5 Å². The van der Waals surface area contributed by atoms with Crippen LogP contribution in [0, 0.1) is 5.92 Å². The first kappa shape index (κ1) is 24.9. The monoisotopic (exact) mass is 576 g/mol. The van der Waals surface area contributed by atoms with Crippen molar-refractivity contribution in [2.45, 2.75) is 74.6 Å². The van der Waals surface area contributed by atoms with E-state index in [9.17, 15) is 9.90 Å². The van der Waals surface area contributed by atoms with Gasteiger partial charge in [-0.25, -0.2) is 19.7 Å². The lowest BCUT2D eigenvalue weighted by Gasteiger charge is -2.46. The number of nitrogens with zero attached hydrogens (tertiary/aromatic N) is 5. The van der Waals surface area contributed by atoms with Gasteiger partial charge in [-0.1, -0.05) is 18.2 Å². The lowest BCUT2D eigenvalue weighted by Crippen LogP contribution is -2.55. The van der Waals surface area contributed by atoms with Crippen molar-refractivity contribution in [2.75, 3.05) is 12.5 Å². The fourth-order valence-corrected chi connectivity index (χ4v) is 6.39. The molecule has 1 aliphatic carbocycles. The van der Waals surface area contributed by atoms with Crippen molar-refractivity contribution in [3.05, 3.63) is 22.9 Å². The molecule has 36 heavy (non-hydrogen) atoms. The number of imidazole rings is 1. The average Bonchev–Trinajstić information content (AvgIpc) is 3.34. The molecule has 1 saturated carbocycles. The normalized spacial score (nSPS) is 16.2. The second-order valence-electron chi connectivity index (χ2n) is 10.1. The summed E-state index contributed by atoms with van der Waals surface area (Å²) in [6, 6.07) is 3.69. The maximum Gasteiger partial charge on any atom is 0.407 e. The Bertz CT molecular complexity index is 1310. The van der Waals surface area contributed by atoms with Crippen LogP contribution in [0.15, 0.2) is 33.0 Å². The smallest absolute Gasteiger partial charge is 0.407 e. The van der Waals surface area contributed by atoms with Crippen LogP contribution in [0.3, 0.4) is 0 Å². The second kappa shape index (κ2) is 9.62. The van der Waals surface area contributed by atoms with Crippen molar-refractivity contribution in [1.82, 2.24) is 24.4 Å². The van der Waals surface area contributed by atoms with E-state index in [0.717, 1.165) is 28.6 Å². The molecular weight excluding hydrogens is 548 g/mol. The Morgan fingerprint density at radius 2 is 2.03 bits per heavy atom. The van der Waals surface area contributed by atoms with Crippen LogP contribution in [0.25, 0.3) is 11.2 Å². The van der Waals surface area contributed by atoms with Crippen LogP contribution in [0.5, 0.6) is 11.5 Å². The van der Waals surface area contributed by atoms with Crippen LogP contribution in [0.1, 0.15) is 46.5 Å². The van der Waals surface area contributed by atoms with Gasteiger partial charge in [-0.2, -0.15) is 0 Å². The van der Waals surface area contributed by atoms with E-state index in [1.165, 1.54) is 18.1 Å². The molecule has 1 aromatic carbocycles. The number of aromatic nitrogens is 4. The fourth-order valence-electron chi connectivity index (χ4n) is 4.88. The number of aryl methyl sites for hydroxylation is 1. The van der Waals surface area contributed by atoms with Gasteiger partial charge < -0.3 is 29.8 Å². The van der Waals surface area contributed by atoms with E-state index < -0.39 is 11.6 Å². The molecule has 1 amide bonds. The number of carboxylic acid groups (broad SMARTS) is 1. The van der Waals surface area contributed by atoms with E-state index in [4.69, 9.17) is 20.2 Å². The van der Waals surface area contributed by atoms with Gasteiger partial charge in [0.15, 0.2) is 33.6 Å². The number of hydrogen-bond donors (Lipinski definition) is 2. The predicted molar refractivity (Wildman–Crippen MR) is 139 cm³/mol. The largest absolute Gasteiger partial charge is 0.465 e. The number of anilines is 1. The molecule has 1 aliphatic heterocycles. The van der Waals surface area contributed by atoms with E-state index in [2.05, 4.69) is 25.9 Å². The van der Waals surface area contributed by atoms with Crippen LogP contribution in [-0.2, 0) is 6.54 Å². The van der Waals surface area contributed by atoms with Crippen molar-refractivity contribution in [3.8, 4) is 11.5 Å². The summed E-state index contributed by atoms with van der Waals surface area (Å²) < 4.78 is 13.9. The molecule has 0 spiro atoms. The van der Waals surface area contributed by atoms with E-state index >= 15 is 0 Å². The highest BCUT2D eigenvalue weighted by Gasteiger charge is 2.39. The summed E-state index contributed by atoms with van der Waals surface area (Å²) in [6.07, 6.45) is 4.39. The van der Waals surface area contributed by atoms with Crippen molar-refractivity contribution in [3.63, 3.8) is 0 Å². The Morgan fingerprint density at radius 1 is 1.31 bits per heavy atom. The van der Waals surface area contributed by atoms with Gasteiger partial charge in [0.1, 0.15) is 6.33 Å². The summed E-state index contributed by atoms with van der Waals surface area (Å²) in [4.78, 5) is 28.2. The highest BCUT2D eigenvalue weighted by molar-refractivity contribution is 9.10. The Labute approximate surface area is 221 Å². The predicted octanol–water partition coefficient (Wildman–Crippen LogP) is 5.39. The zero-order valence-electron chi connectivity index (χ0n) is 20.4. The first-order valence-electron chi connectivity index (χ1n) is 11.9. The van der Waals surface area contributed by atoms with Gasteiger partial charge in [-0.3, -0.25) is 0 Å². The third-order valence-corrected chi connectivity index (χ3v) is 8.73. The maximum atomic E-state index is 12.3. The minimum atomic E-state index is -0.889. The number of rotatable bonds is 7. The van der Waals surface area contributed by atoms with Gasteiger partial charge in [0.05, 0.1) is 0 Å². The number of carbonyl (C=O) groups is 1. The van der Waals surface area contributed by atoms with Gasteiger partial charge in [0.2, 0.25) is 6.79 Å². The molecule has 2 aromatic heterocycles. The number of nitrogens with two attached hydrogens (primary N) is 1. The highest BCUT2D eigenvalue weighted by atomic mass is 79.9. The minimum Gasteiger partial charge on any atom is -0.465 e. The molecule has 0 bridgehead atoms. The molecule has 1 unspecified atom stereocenters. The summed E-state index contributed by atoms with van der Waals surface area (Å²) in [5.41, 5.74) is 6.80. The maximum absolute atomic E-state index is 12.3. The van der Waals surface area contributed by atoms with Gasteiger partial charge in [0, 0.05) is 27.5 Å². The molecule has 0 radical (unpaired) electrons. The number of ether oxygens (including phenoxy) is 2. The minimum absolute atomic E-state index is 0.108. The molecule has 3 N–H and O–H groups in total.